The van der Waals surface area contributed by atoms with Crippen LogP contribution in [0.3, 0.4) is 0 Å². The predicted molar refractivity (Wildman–Crippen MR) is 148 cm³/mol. The zero-order valence-electron chi connectivity index (χ0n) is 19.4. The molecule has 2 aromatic heterocycles. The van der Waals surface area contributed by atoms with E-state index in [9.17, 15) is 0 Å². The van der Waals surface area contributed by atoms with Crippen LogP contribution < -0.4 is 9.62 Å². The Labute approximate surface area is 210 Å². The summed E-state index contributed by atoms with van der Waals surface area (Å²) in [5, 5.41) is 3.41. The van der Waals surface area contributed by atoms with Gasteiger partial charge in [0.05, 0.1) is 10.7 Å². The number of nitrogens with one attached hydrogen (secondary N) is 2. The average molecular weight is 490 g/mol. The lowest BCUT2D eigenvalue weighted by Gasteiger charge is -2.34. The van der Waals surface area contributed by atoms with Crippen LogP contribution in [0.25, 0.3) is 33.4 Å². The summed E-state index contributed by atoms with van der Waals surface area (Å²) >= 11 is 8.17. The van der Waals surface area contributed by atoms with Gasteiger partial charge in [0.15, 0.2) is 0 Å². The Morgan fingerprint density at radius 1 is 1.06 bits per heavy atom. The van der Waals surface area contributed by atoms with Crippen LogP contribution in [-0.4, -0.2) is 48.1 Å². The Morgan fingerprint density at radius 2 is 1.79 bits per heavy atom. The Bertz CT molecular complexity index is 1320. The fourth-order valence-electron chi connectivity index (χ4n) is 4.48. The van der Waals surface area contributed by atoms with E-state index in [-0.39, 0.29) is 0 Å². The van der Waals surface area contributed by atoms with Crippen LogP contribution in [0, 0.1) is 6.92 Å². The lowest BCUT2D eigenvalue weighted by atomic mass is 9.97. The number of nitrogens with zero attached hydrogens (tertiary/aromatic N) is 3. The second kappa shape index (κ2) is 9.74. The van der Waals surface area contributed by atoms with Gasteiger partial charge in [0.25, 0.3) is 0 Å². The average Bonchev–Trinajstić information content (AvgIpc) is 3.25. The van der Waals surface area contributed by atoms with Crippen molar-refractivity contribution in [3.63, 3.8) is 0 Å². The molecule has 5 rings (SSSR count). The summed E-state index contributed by atoms with van der Waals surface area (Å²) in [5.41, 5.74) is 8.53. The minimum absolute atomic E-state index is 0.687. The van der Waals surface area contributed by atoms with Gasteiger partial charge in [0, 0.05) is 54.7 Å². The van der Waals surface area contributed by atoms with Gasteiger partial charge in [0.1, 0.15) is 5.65 Å². The first kappa shape index (κ1) is 22.8. The molecule has 4 aromatic rings. The van der Waals surface area contributed by atoms with Crippen LogP contribution in [0.15, 0.2) is 66.7 Å². The number of hydrogen-bond donors (Lipinski definition) is 2. The highest BCUT2D eigenvalue weighted by Crippen LogP contribution is 2.42. The predicted octanol–water partition coefficient (Wildman–Crippen LogP) is 6.81. The van der Waals surface area contributed by atoms with Gasteiger partial charge in [0.2, 0.25) is 0 Å². The molecule has 1 fully saturated rings. The largest absolute Gasteiger partial charge is 0.369 e. The molecular formula is C27H28ClN5S. The number of aryl methyl sites for hydroxylation is 1. The van der Waals surface area contributed by atoms with E-state index in [0.29, 0.717) is 5.02 Å². The van der Waals surface area contributed by atoms with Gasteiger partial charge in [-0.3, -0.25) is 0 Å². The highest BCUT2D eigenvalue weighted by molar-refractivity contribution is 8.03. The minimum Gasteiger partial charge on any atom is -0.369 e. The monoisotopic (exact) mass is 489 g/mol. The highest BCUT2D eigenvalue weighted by atomic mass is 35.5. The number of halogens is 1. The molecule has 2 N–H and O–H groups in total. The molecule has 0 unspecified atom stereocenters. The summed E-state index contributed by atoms with van der Waals surface area (Å²) in [6.07, 6.45) is 1.74. The van der Waals surface area contributed by atoms with Gasteiger partial charge in [-0.15, -0.1) is 0 Å². The number of pyridine rings is 1. The van der Waals surface area contributed by atoms with Crippen LogP contribution in [0.1, 0.15) is 5.56 Å². The molecule has 0 aliphatic carbocycles. The number of aromatic amines is 1. The number of piperazine rings is 1. The molecule has 0 radical (unpaired) electrons. The first-order valence-corrected chi connectivity index (χ1v) is 12.6. The van der Waals surface area contributed by atoms with Crippen LogP contribution in [0.2, 0.25) is 5.02 Å². The molecule has 0 atom stereocenters. The third-order valence-corrected chi connectivity index (χ3v) is 7.27. The molecule has 1 saturated heterocycles. The second-order valence-electron chi connectivity index (χ2n) is 8.64. The maximum atomic E-state index is 6.70. The van der Waals surface area contributed by atoms with E-state index >= 15 is 0 Å². The van der Waals surface area contributed by atoms with Crippen LogP contribution in [0.4, 0.5) is 11.4 Å². The minimum atomic E-state index is 0.687. The molecule has 7 heteroatoms. The van der Waals surface area contributed by atoms with Gasteiger partial charge in [-0.05, 0) is 72.3 Å². The van der Waals surface area contributed by atoms with E-state index < -0.39 is 0 Å². The second-order valence-corrected chi connectivity index (χ2v) is 9.83. The van der Waals surface area contributed by atoms with Crippen molar-refractivity contribution in [3.05, 3.63) is 77.3 Å². The van der Waals surface area contributed by atoms with Gasteiger partial charge in [-0.25, -0.2) is 4.98 Å². The molecule has 5 nitrogen and oxygen atoms in total. The zero-order valence-corrected chi connectivity index (χ0v) is 21.0. The Hall–Kier alpha value is -2.93. The number of likely N-dealkylation sites (N-methyl/N-ethyl adjacent to an activating group) is 1. The lowest BCUT2D eigenvalue weighted by Crippen LogP contribution is -2.44. The van der Waals surface area contributed by atoms with E-state index in [1.165, 1.54) is 23.2 Å². The maximum absolute atomic E-state index is 6.70. The topological polar surface area (TPSA) is 47.2 Å². The van der Waals surface area contributed by atoms with Crippen molar-refractivity contribution >= 4 is 46.0 Å². The summed E-state index contributed by atoms with van der Waals surface area (Å²) in [6.45, 7) is 10.2. The highest BCUT2D eigenvalue weighted by Gasteiger charge is 2.20. The number of anilines is 2. The molecule has 0 spiro atoms. The number of aromatic nitrogens is 2. The molecular weight excluding hydrogens is 462 g/mol. The fourth-order valence-corrected chi connectivity index (χ4v) is 5.15. The third-order valence-electron chi connectivity index (χ3n) is 6.45. The van der Waals surface area contributed by atoms with Crippen LogP contribution in [-0.2, 0) is 0 Å². The first-order chi connectivity index (χ1) is 16.5. The fraction of sp³-hybridized carbons (Fsp3) is 0.222. The van der Waals surface area contributed by atoms with E-state index in [2.05, 4.69) is 87.5 Å². The molecule has 174 valence electrons. The standard InChI is InChI=1S/C27H28ClN5S/c1-4-34-31-23-17-20(6-5-18(23)2)24-25-22(28)11-12-29-27(25)30-26(24)19-7-9-21(10-8-19)33-15-13-32(3)14-16-33/h4-12,17,31H,1,13-16H2,2-3H3,(H,29,30). The van der Waals surface area contributed by atoms with Gasteiger partial charge in [-0.1, -0.05) is 42.4 Å². The van der Waals surface area contributed by atoms with Gasteiger partial charge in [-0.2, -0.15) is 0 Å². The van der Waals surface area contributed by atoms with Crippen molar-refractivity contribution in [1.29, 1.82) is 0 Å². The zero-order chi connectivity index (χ0) is 23.7. The quantitative estimate of drug-likeness (QED) is 0.291. The van der Waals surface area contributed by atoms with Crippen molar-refractivity contribution in [3.8, 4) is 22.4 Å². The van der Waals surface area contributed by atoms with E-state index in [1.807, 2.05) is 6.07 Å². The number of benzene rings is 2. The molecule has 2 aromatic carbocycles. The van der Waals surface area contributed by atoms with Crippen molar-refractivity contribution in [2.75, 3.05) is 42.8 Å². The summed E-state index contributed by atoms with van der Waals surface area (Å²) < 4.78 is 3.36. The third kappa shape index (κ3) is 4.41. The van der Waals surface area contributed by atoms with E-state index in [1.54, 1.807) is 11.6 Å². The van der Waals surface area contributed by atoms with Crippen LogP contribution >= 0.6 is 23.5 Å². The first-order valence-electron chi connectivity index (χ1n) is 11.4. The number of hydrogen-bond acceptors (Lipinski definition) is 5. The molecule has 1 aliphatic heterocycles. The number of fused-ring (bicyclic) bond motifs is 1. The van der Waals surface area contributed by atoms with Crippen molar-refractivity contribution in [2.24, 2.45) is 0 Å². The van der Waals surface area contributed by atoms with Crippen molar-refractivity contribution in [1.82, 2.24) is 14.9 Å². The normalized spacial score (nSPS) is 14.5. The summed E-state index contributed by atoms with van der Waals surface area (Å²) in [7, 11) is 2.18. The molecule has 0 bridgehead atoms. The Kier molecular flexibility index (Phi) is 6.55. The SMILES string of the molecule is C=CSNc1cc(-c2c(-c3ccc(N4CCN(C)CC4)cc3)[nH]c3nccc(Cl)c23)ccc1C. The van der Waals surface area contributed by atoms with Crippen LogP contribution in [0.5, 0.6) is 0 Å². The van der Waals surface area contributed by atoms with Gasteiger partial charge < -0.3 is 19.5 Å². The Balaban J connectivity index is 1.60. The molecule has 1 aliphatic rings. The molecule has 34 heavy (non-hydrogen) atoms. The summed E-state index contributed by atoms with van der Waals surface area (Å²) in [4.78, 5) is 12.9. The summed E-state index contributed by atoms with van der Waals surface area (Å²) in [6, 6.07) is 17.1. The smallest absolute Gasteiger partial charge is 0.139 e. The van der Waals surface area contributed by atoms with E-state index in [4.69, 9.17) is 11.6 Å². The van der Waals surface area contributed by atoms with E-state index in [0.717, 1.165) is 65.3 Å². The maximum Gasteiger partial charge on any atom is 0.139 e. The Morgan fingerprint density at radius 3 is 2.53 bits per heavy atom. The van der Waals surface area contributed by atoms with Crippen molar-refractivity contribution < 1.29 is 0 Å². The molecule has 0 amide bonds. The molecule has 0 saturated carbocycles. The number of rotatable bonds is 6. The van der Waals surface area contributed by atoms with Crippen molar-refractivity contribution in [2.45, 2.75) is 6.92 Å². The molecule has 3 heterocycles. The lowest BCUT2D eigenvalue weighted by molar-refractivity contribution is 0.313. The summed E-state index contributed by atoms with van der Waals surface area (Å²) in [5.74, 6) is 0. The van der Waals surface area contributed by atoms with Gasteiger partial charge >= 0.3 is 0 Å². The number of H-pyrrole nitrogens is 1.